The number of aryl methyl sites for hydroxylation is 1. The molecule has 2 aromatic rings. The lowest BCUT2D eigenvalue weighted by atomic mass is 10.1. The van der Waals surface area contributed by atoms with E-state index < -0.39 is 0 Å². The van der Waals surface area contributed by atoms with E-state index in [4.69, 9.17) is 16.0 Å². The van der Waals surface area contributed by atoms with Crippen molar-refractivity contribution in [2.45, 2.75) is 13.8 Å². The van der Waals surface area contributed by atoms with Gasteiger partial charge >= 0.3 is 0 Å². The molecule has 0 spiro atoms. The lowest BCUT2D eigenvalue weighted by Gasteiger charge is -2.09. The van der Waals surface area contributed by atoms with Crippen molar-refractivity contribution >= 4 is 29.0 Å². The number of carbonyl (C=O) groups excluding carboxylic acids is 1. The number of carbonyl (C=O) groups is 1. The van der Waals surface area contributed by atoms with E-state index in [2.05, 4.69) is 5.32 Å². The fraction of sp³-hybridized carbons (Fsp3) is 0.143. The van der Waals surface area contributed by atoms with Gasteiger partial charge in [-0.2, -0.15) is 0 Å². The van der Waals surface area contributed by atoms with Gasteiger partial charge in [-0.15, -0.1) is 0 Å². The minimum absolute atomic E-state index is 0.0144. The van der Waals surface area contributed by atoms with Crippen molar-refractivity contribution in [3.8, 4) is 0 Å². The second-order valence-electron chi connectivity index (χ2n) is 4.11. The maximum absolute atomic E-state index is 11.8. The van der Waals surface area contributed by atoms with Gasteiger partial charge in [-0.25, -0.2) is 0 Å². The zero-order valence-corrected chi connectivity index (χ0v) is 11.2. The first-order valence-electron chi connectivity index (χ1n) is 5.65. The van der Waals surface area contributed by atoms with Crippen LogP contribution in [0.15, 0.2) is 39.5 Å². The normalized spacial score (nSPS) is 10.3. The molecule has 0 saturated carbocycles. The molecular weight excluding hydrogens is 266 g/mol. The molecule has 0 radical (unpaired) electrons. The number of anilines is 2. The fourth-order valence-corrected chi connectivity index (χ4v) is 1.82. The minimum atomic E-state index is -0.354. The van der Waals surface area contributed by atoms with Crippen molar-refractivity contribution < 1.29 is 9.21 Å². The van der Waals surface area contributed by atoms with Crippen LogP contribution >= 0.6 is 11.6 Å². The van der Waals surface area contributed by atoms with E-state index in [1.807, 2.05) is 0 Å². The van der Waals surface area contributed by atoms with Crippen LogP contribution in [0.25, 0.3) is 0 Å². The first-order valence-corrected chi connectivity index (χ1v) is 6.03. The van der Waals surface area contributed by atoms with Gasteiger partial charge in [0.1, 0.15) is 11.3 Å². The Bertz CT molecular complexity index is 674. The average molecular weight is 278 g/mol. The van der Waals surface area contributed by atoms with Crippen molar-refractivity contribution in [3.05, 3.63) is 56.9 Å². The van der Waals surface area contributed by atoms with E-state index in [1.165, 1.54) is 13.0 Å². The SMILES string of the molecule is CC(=O)c1c(Nc2ccc(Cl)cc2)oc(C)cc1=O. The van der Waals surface area contributed by atoms with Crippen molar-refractivity contribution in [2.75, 3.05) is 5.32 Å². The molecule has 19 heavy (non-hydrogen) atoms. The van der Waals surface area contributed by atoms with Crippen molar-refractivity contribution in [2.24, 2.45) is 0 Å². The summed E-state index contributed by atoms with van der Waals surface area (Å²) in [6.45, 7) is 2.98. The molecule has 0 aliphatic carbocycles. The quantitative estimate of drug-likeness (QED) is 0.872. The van der Waals surface area contributed by atoms with Gasteiger partial charge in [0.05, 0.1) is 0 Å². The van der Waals surface area contributed by atoms with Crippen molar-refractivity contribution in [1.82, 2.24) is 0 Å². The molecule has 1 aromatic heterocycles. The number of rotatable bonds is 3. The van der Waals surface area contributed by atoms with Crippen molar-refractivity contribution in [3.63, 3.8) is 0 Å². The van der Waals surface area contributed by atoms with Crippen LogP contribution in [-0.4, -0.2) is 5.78 Å². The number of benzene rings is 1. The van der Waals surface area contributed by atoms with Crippen molar-refractivity contribution in [1.29, 1.82) is 0 Å². The Balaban J connectivity index is 2.47. The summed E-state index contributed by atoms with van der Waals surface area (Å²) in [5, 5.41) is 3.52. The molecule has 0 aliphatic rings. The van der Waals surface area contributed by atoms with Gasteiger partial charge in [0.2, 0.25) is 5.88 Å². The first-order chi connectivity index (χ1) is 8.97. The zero-order valence-electron chi connectivity index (χ0n) is 10.5. The molecule has 1 heterocycles. The lowest BCUT2D eigenvalue weighted by molar-refractivity contribution is 0.101. The van der Waals surface area contributed by atoms with Crippen LogP contribution in [0, 0.1) is 6.92 Å². The molecule has 0 aliphatic heterocycles. The lowest BCUT2D eigenvalue weighted by Crippen LogP contribution is -2.15. The zero-order chi connectivity index (χ0) is 14.0. The molecule has 0 fully saturated rings. The molecule has 0 unspecified atom stereocenters. The number of hydrogen-bond acceptors (Lipinski definition) is 4. The third-order valence-electron chi connectivity index (χ3n) is 2.53. The predicted octanol–water partition coefficient (Wildman–Crippen LogP) is 3.55. The highest BCUT2D eigenvalue weighted by Crippen LogP contribution is 2.21. The van der Waals surface area contributed by atoms with Gasteiger partial charge in [0, 0.05) is 16.8 Å². The molecular formula is C14H12ClNO3. The van der Waals surface area contributed by atoms with E-state index in [9.17, 15) is 9.59 Å². The predicted molar refractivity (Wildman–Crippen MR) is 74.5 cm³/mol. The Morgan fingerprint density at radius 1 is 1.26 bits per heavy atom. The topological polar surface area (TPSA) is 59.3 Å². The van der Waals surface area contributed by atoms with Gasteiger partial charge in [-0.05, 0) is 38.1 Å². The van der Waals surface area contributed by atoms with E-state index >= 15 is 0 Å². The molecule has 5 heteroatoms. The van der Waals surface area contributed by atoms with Crippen LogP contribution in [0.3, 0.4) is 0 Å². The van der Waals surface area contributed by atoms with E-state index in [-0.39, 0.29) is 22.7 Å². The van der Waals surface area contributed by atoms with Gasteiger partial charge in [0.25, 0.3) is 0 Å². The number of Topliss-reactive ketones (excluding diaryl/α,β-unsaturated/α-hetero) is 1. The maximum Gasteiger partial charge on any atom is 0.212 e. The third-order valence-corrected chi connectivity index (χ3v) is 2.78. The van der Waals surface area contributed by atoms with Crippen LogP contribution in [0.2, 0.25) is 5.02 Å². The van der Waals surface area contributed by atoms with Crippen LogP contribution in [-0.2, 0) is 0 Å². The average Bonchev–Trinajstić information content (AvgIpc) is 2.30. The standard InChI is InChI=1S/C14H12ClNO3/c1-8-7-12(18)13(9(2)17)14(19-8)16-11-5-3-10(15)4-6-11/h3-7,16H,1-2H3. The van der Waals surface area contributed by atoms with Gasteiger partial charge in [-0.1, -0.05) is 11.6 Å². The smallest absolute Gasteiger partial charge is 0.212 e. The molecule has 98 valence electrons. The number of nitrogens with one attached hydrogen (secondary N) is 1. The van der Waals surface area contributed by atoms with Crippen LogP contribution in [0.1, 0.15) is 23.0 Å². The second kappa shape index (κ2) is 5.28. The number of ketones is 1. The number of hydrogen-bond donors (Lipinski definition) is 1. The van der Waals surface area contributed by atoms with Gasteiger partial charge in [-0.3, -0.25) is 9.59 Å². The van der Waals surface area contributed by atoms with Gasteiger partial charge in [0.15, 0.2) is 11.2 Å². The highest BCUT2D eigenvalue weighted by molar-refractivity contribution is 6.30. The molecule has 0 bridgehead atoms. The summed E-state index contributed by atoms with van der Waals surface area (Å²) in [5.74, 6) is 0.247. The van der Waals surface area contributed by atoms with Crippen LogP contribution in [0.4, 0.5) is 11.6 Å². The largest absolute Gasteiger partial charge is 0.445 e. The summed E-state index contributed by atoms with van der Waals surface area (Å²) in [4.78, 5) is 23.3. The number of halogens is 1. The minimum Gasteiger partial charge on any atom is -0.445 e. The summed E-state index contributed by atoms with van der Waals surface area (Å²) in [6.07, 6.45) is 0. The molecule has 2 rings (SSSR count). The summed E-state index contributed by atoms with van der Waals surface area (Å²) in [5.41, 5.74) is 0.342. The molecule has 0 saturated heterocycles. The molecule has 0 atom stereocenters. The summed E-state index contributed by atoms with van der Waals surface area (Å²) in [6, 6.07) is 8.16. The highest BCUT2D eigenvalue weighted by Gasteiger charge is 2.15. The fourth-order valence-electron chi connectivity index (χ4n) is 1.70. The molecule has 1 aromatic carbocycles. The first kappa shape index (κ1) is 13.4. The Hall–Kier alpha value is -2.07. The Morgan fingerprint density at radius 2 is 1.89 bits per heavy atom. The molecule has 0 amide bonds. The van der Waals surface area contributed by atoms with Gasteiger partial charge < -0.3 is 9.73 Å². The summed E-state index contributed by atoms with van der Waals surface area (Å²) in [7, 11) is 0. The molecule has 4 nitrogen and oxygen atoms in total. The highest BCUT2D eigenvalue weighted by atomic mass is 35.5. The third kappa shape index (κ3) is 3.03. The maximum atomic E-state index is 11.8. The Kier molecular flexibility index (Phi) is 3.71. The Labute approximate surface area is 115 Å². The van der Waals surface area contributed by atoms with E-state index in [0.717, 1.165) is 0 Å². The second-order valence-corrected chi connectivity index (χ2v) is 4.55. The molecule has 1 N–H and O–H groups in total. The van der Waals surface area contributed by atoms with E-state index in [0.29, 0.717) is 16.5 Å². The van der Waals surface area contributed by atoms with Crippen LogP contribution in [0.5, 0.6) is 0 Å². The summed E-state index contributed by atoms with van der Waals surface area (Å²) >= 11 is 5.79. The monoisotopic (exact) mass is 277 g/mol. The van der Waals surface area contributed by atoms with Crippen LogP contribution < -0.4 is 10.7 Å². The Morgan fingerprint density at radius 3 is 2.47 bits per heavy atom. The van der Waals surface area contributed by atoms with E-state index in [1.54, 1.807) is 31.2 Å². The summed E-state index contributed by atoms with van der Waals surface area (Å²) < 4.78 is 5.42.